The average Bonchev–Trinajstić information content (AvgIpc) is 2.23. The van der Waals surface area contributed by atoms with Gasteiger partial charge in [-0.15, -0.1) is 0 Å². The zero-order valence-corrected chi connectivity index (χ0v) is 9.52. The maximum Gasteiger partial charge on any atom is 0.384 e. The van der Waals surface area contributed by atoms with E-state index in [-0.39, 0.29) is 0 Å². The molecule has 15 heavy (non-hydrogen) atoms. The fourth-order valence-corrected chi connectivity index (χ4v) is 1.24. The molecule has 0 unspecified atom stereocenters. The van der Waals surface area contributed by atoms with E-state index in [1.54, 1.807) is 18.2 Å². The van der Waals surface area contributed by atoms with Crippen molar-refractivity contribution in [2.75, 3.05) is 7.11 Å². The molecule has 0 atom stereocenters. The van der Waals surface area contributed by atoms with Gasteiger partial charge in [0.25, 0.3) is 0 Å². The topological polar surface area (TPSA) is 26.3 Å². The van der Waals surface area contributed by atoms with Crippen molar-refractivity contribution in [3.63, 3.8) is 0 Å². The van der Waals surface area contributed by atoms with Crippen LogP contribution in [0.3, 0.4) is 0 Å². The number of halogens is 2. The van der Waals surface area contributed by atoms with Crippen molar-refractivity contribution < 1.29 is 9.53 Å². The van der Waals surface area contributed by atoms with Gasteiger partial charge in [-0.05, 0) is 17.7 Å². The standard InChI is InChI=1S/C11H8Cl2O2/c1-15-11(14)4-2-3-8-5-6-9(12)10(13)7-8/h5-7H,3H2,1H3. The molecule has 2 nitrogen and oxygen atoms in total. The first-order chi connectivity index (χ1) is 7.13. The first kappa shape index (κ1) is 11.9. The number of carbonyl (C=O) groups is 1. The molecule has 0 fully saturated rings. The second-order valence-corrected chi connectivity index (χ2v) is 3.53. The summed E-state index contributed by atoms with van der Waals surface area (Å²) in [5.74, 6) is 4.45. The van der Waals surface area contributed by atoms with E-state index in [1.807, 2.05) is 0 Å². The largest absolute Gasteiger partial charge is 0.459 e. The molecular formula is C11H8Cl2O2. The minimum absolute atomic E-state index is 0.436. The fourth-order valence-electron chi connectivity index (χ4n) is 0.919. The molecule has 1 aromatic rings. The highest BCUT2D eigenvalue weighted by Crippen LogP contribution is 2.22. The van der Waals surface area contributed by atoms with Gasteiger partial charge in [-0.3, -0.25) is 0 Å². The fraction of sp³-hybridized carbons (Fsp3) is 0.182. The summed E-state index contributed by atoms with van der Waals surface area (Å²) < 4.78 is 4.37. The Morgan fingerprint density at radius 1 is 1.40 bits per heavy atom. The predicted octanol–water partition coefficient (Wildman–Crippen LogP) is 2.71. The number of benzene rings is 1. The summed E-state index contributed by atoms with van der Waals surface area (Å²) in [6.45, 7) is 0. The lowest BCUT2D eigenvalue weighted by molar-refractivity contribution is -0.133. The second kappa shape index (κ2) is 5.65. The number of hydrogen-bond acceptors (Lipinski definition) is 2. The summed E-state index contributed by atoms with van der Waals surface area (Å²) in [7, 11) is 1.29. The lowest BCUT2D eigenvalue weighted by atomic mass is 10.1. The third-order valence-electron chi connectivity index (χ3n) is 1.65. The average molecular weight is 243 g/mol. The van der Waals surface area contributed by atoms with Gasteiger partial charge in [0, 0.05) is 12.3 Å². The van der Waals surface area contributed by atoms with Gasteiger partial charge in [-0.1, -0.05) is 35.2 Å². The molecule has 1 rings (SSSR count). The molecule has 0 aliphatic heterocycles. The third kappa shape index (κ3) is 3.83. The molecule has 0 aromatic heterocycles. The Balaban J connectivity index is 2.68. The number of hydrogen-bond donors (Lipinski definition) is 0. The molecule has 0 saturated heterocycles. The Bertz CT molecular complexity index is 430. The maximum atomic E-state index is 10.7. The third-order valence-corrected chi connectivity index (χ3v) is 2.39. The van der Waals surface area contributed by atoms with E-state index in [0.29, 0.717) is 16.5 Å². The Kier molecular flexibility index (Phi) is 4.48. The van der Waals surface area contributed by atoms with E-state index < -0.39 is 5.97 Å². The van der Waals surface area contributed by atoms with Crippen LogP contribution in [0, 0.1) is 11.8 Å². The van der Waals surface area contributed by atoms with E-state index in [1.165, 1.54) is 7.11 Å². The Morgan fingerprint density at radius 3 is 2.73 bits per heavy atom. The second-order valence-electron chi connectivity index (χ2n) is 2.72. The summed E-state index contributed by atoms with van der Waals surface area (Å²) in [5.41, 5.74) is 0.904. The van der Waals surface area contributed by atoms with Crippen LogP contribution < -0.4 is 0 Å². The Morgan fingerprint density at radius 2 is 2.13 bits per heavy atom. The molecule has 4 heteroatoms. The number of carbonyl (C=O) groups excluding carboxylic acids is 1. The van der Waals surface area contributed by atoms with E-state index in [4.69, 9.17) is 23.2 Å². The molecule has 0 aliphatic carbocycles. The van der Waals surface area contributed by atoms with Gasteiger partial charge < -0.3 is 4.74 Å². The molecule has 0 aliphatic rings. The number of methoxy groups -OCH3 is 1. The van der Waals surface area contributed by atoms with Crippen molar-refractivity contribution in [1.29, 1.82) is 0 Å². The number of esters is 1. The van der Waals surface area contributed by atoms with Crippen LogP contribution in [0.15, 0.2) is 18.2 Å². The first-order valence-electron chi connectivity index (χ1n) is 4.14. The van der Waals surface area contributed by atoms with Gasteiger partial charge >= 0.3 is 5.97 Å². The molecule has 0 bridgehead atoms. The van der Waals surface area contributed by atoms with Crippen molar-refractivity contribution >= 4 is 29.2 Å². The van der Waals surface area contributed by atoms with Crippen LogP contribution in [-0.2, 0) is 16.0 Å². The van der Waals surface area contributed by atoms with Crippen LogP contribution in [0.1, 0.15) is 5.56 Å². The van der Waals surface area contributed by atoms with Crippen LogP contribution >= 0.6 is 23.2 Å². The van der Waals surface area contributed by atoms with Gasteiger partial charge in [0.05, 0.1) is 17.2 Å². The van der Waals surface area contributed by atoms with Crippen molar-refractivity contribution in [2.45, 2.75) is 6.42 Å². The number of rotatable bonds is 1. The van der Waals surface area contributed by atoms with Crippen LogP contribution in [0.4, 0.5) is 0 Å². The monoisotopic (exact) mass is 242 g/mol. The molecule has 0 heterocycles. The molecule has 0 radical (unpaired) electrons. The van der Waals surface area contributed by atoms with Crippen LogP contribution in [0.25, 0.3) is 0 Å². The molecule has 78 valence electrons. The van der Waals surface area contributed by atoms with Gasteiger partial charge in [0.15, 0.2) is 0 Å². The van der Waals surface area contributed by atoms with Gasteiger partial charge in [0.1, 0.15) is 0 Å². The van der Waals surface area contributed by atoms with Crippen LogP contribution in [0.2, 0.25) is 10.0 Å². The summed E-state index contributed by atoms with van der Waals surface area (Å²) >= 11 is 11.6. The summed E-state index contributed by atoms with van der Waals surface area (Å²) in [4.78, 5) is 10.7. The predicted molar refractivity (Wildman–Crippen MR) is 60.0 cm³/mol. The zero-order chi connectivity index (χ0) is 11.3. The number of ether oxygens (including phenoxy) is 1. The van der Waals surface area contributed by atoms with Crippen LogP contribution in [0.5, 0.6) is 0 Å². The Labute approximate surface area is 98.1 Å². The first-order valence-corrected chi connectivity index (χ1v) is 4.90. The van der Waals surface area contributed by atoms with E-state index in [2.05, 4.69) is 16.6 Å². The molecular weight excluding hydrogens is 235 g/mol. The summed E-state index contributed by atoms with van der Waals surface area (Å²) in [6.07, 6.45) is 0.436. The lowest BCUT2D eigenvalue weighted by Crippen LogP contribution is -1.94. The van der Waals surface area contributed by atoms with Gasteiger partial charge in [-0.25, -0.2) is 4.79 Å². The summed E-state index contributed by atoms with van der Waals surface area (Å²) in [6, 6.07) is 5.22. The van der Waals surface area contributed by atoms with Crippen molar-refractivity contribution in [3.05, 3.63) is 33.8 Å². The SMILES string of the molecule is COC(=O)C#CCc1ccc(Cl)c(Cl)c1. The highest BCUT2D eigenvalue weighted by Gasteiger charge is 1.98. The van der Waals surface area contributed by atoms with Gasteiger partial charge in [0.2, 0.25) is 0 Å². The lowest BCUT2D eigenvalue weighted by Gasteiger charge is -1.97. The highest BCUT2D eigenvalue weighted by atomic mass is 35.5. The van der Waals surface area contributed by atoms with Crippen molar-refractivity contribution in [1.82, 2.24) is 0 Å². The van der Waals surface area contributed by atoms with E-state index >= 15 is 0 Å². The highest BCUT2D eigenvalue weighted by molar-refractivity contribution is 6.42. The van der Waals surface area contributed by atoms with Crippen molar-refractivity contribution in [3.8, 4) is 11.8 Å². The zero-order valence-electron chi connectivity index (χ0n) is 8.01. The molecule has 0 spiro atoms. The molecule has 1 aromatic carbocycles. The van der Waals surface area contributed by atoms with Crippen molar-refractivity contribution in [2.24, 2.45) is 0 Å². The van der Waals surface area contributed by atoms with Crippen LogP contribution in [-0.4, -0.2) is 13.1 Å². The smallest absolute Gasteiger partial charge is 0.384 e. The van der Waals surface area contributed by atoms with E-state index in [9.17, 15) is 4.79 Å². The molecule has 0 N–H and O–H groups in total. The minimum atomic E-state index is -0.546. The maximum absolute atomic E-state index is 10.7. The van der Waals surface area contributed by atoms with E-state index in [0.717, 1.165) is 5.56 Å². The normalized spacial score (nSPS) is 9.00. The van der Waals surface area contributed by atoms with Gasteiger partial charge in [-0.2, -0.15) is 0 Å². The molecule has 0 saturated carbocycles. The Hall–Kier alpha value is -1.17. The quantitative estimate of drug-likeness (QED) is 0.430. The minimum Gasteiger partial charge on any atom is -0.459 e. The molecule has 0 amide bonds. The summed E-state index contributed by atoms with van der Waals surface area (Å²) in [5, 5.41) is 0.982.